The third kappa shape index (κ3) is 4.34. The van der Waals surface area contributed by atoms with E-state index in [1.165, 1.54) is 11.0 Å². The topological polar surface area (TPSA) is 78.5 Å². The van der Waals surface area contributed by atoms with Gasteiger partial charge in [-0.3, -0.25) is 9.89 Å². The van der Waals surface area contributed by atoms with Crippen molar-refractivity contribution in [3.8, 4) is 11.5 Å². The molecule has 1 amide bonds. The first kappa shape index (κ1) is 20.8. The van der Waals surface area contributed by atoms with Gasteiger partial charge in [0.2, 0.25) is 0 Å². The maximum atomic E-state index is 13.2. The number of methoxy groups -OCH3 is 1. The number of nitrogens with one attached hydrogen (secondary N) is 1. The number of nitrogens with zero attached hydrogens (tertiary/aromatic N) is 2. The molecule has 7 heteroatoms. The number of hydrogen-bond donors (Lipinski definition) is 2. The molecular formula is C24H22ClN3O3. The van der Waals surface area contributed by atoms with Gasteiger partial charge in [-0.15, -0.1) is 0 Å². The molecule has 3 aromatic carbocycles. The van der Waals surface area contributed by atoms with Gasteiger partial charge in [0.15, 0.2) is 0 Å². The SMILES string of the molecule is COc1ccc(Cl)cc1CN(C)C(=O)c1cc2c(Cc3ccccc3)[nH]nc2cc1O. The molecule has 0 bridgehead atoms. The molecule has 1 aromatic heterocycles. The highest BCUT2D eigenvalue weighted by Gasteiger charge is 2.20. The molecule has 0 radical (unpaired) electrons. The highest BCUT2D eigenvalue weighted by Crippen LogP contribution is 2.29. The number of halogens is 1. The molecule has 31 heavy (non-hydrogen) atoms. The molecule has 0 saturated carbocycles. The molecule has 6 nitrogen and oxygen atoms in total. The van der Waals surface area contributed by atoms with Crippen LogP contribution in [0.4, 0.5) is 0 Å². The zero-order valence-electron chi connectivity index (χ0n) is 17.2. The van der Waals surface area contributed by atoms with Crippen LogP contribution in [-0.4, -0.2) is 40.3 Å². The monoisotopic (exact) mass is 435 g/mol. The van der Waals surface area contributed by atoms with Crippen LogP contribution in [0, 0.1) is 0 Å². The minimum Gasteiger partial charge on any atom is -0.507 e. The van der Waals surface area contributed by atoms with E-state index in [1.807, 2.05) is 30.3 Å². The zero-order valence-corrected chi connectivity index (χ0v) is 18.0. The molecule has 158 valence electrons. The van der Waals surface area contributed by atoms with Crippen molar-refractivity contribution in [3.05, 3.63) is 88.1 Å². The molecule has 4 aromatic rings. The Labute approximate surface area is 185 Å². The number of fused-ring (bicyclic) bond motifs is 1. The zero-order chi connectivity index (χ0) is 22.0. The molecule has 0 saturated heterocycles. The lowest BCUT2D eigenvalue weighted by Crippen LogP contribution is -2.26. The number of amides is 1. The number of phenols is 1. The summed E-state index contributed by atoms with van der Waals surface area (Å²) in [5, 5.41) is 19.2. The van der Waals surface area contributed by atoms with Crippen LogP contribution in [0.5, 0.6) is 11.5 Å². The fourth-order valence-corrected chi connectivity index (χ4v) is 3.80. The molecular weight excluding hydrogens is 414 g/mol. The number of phenolic OH excluding ortho intramolecular Hbond substituents is 1. The second-order valence-corrected chi connectivity index (χ2v) is 7.80. The number of aromatic nitrogens is 2. The van der Waals surface area contributed by atoms with Crippen molar-refractivity contribution in [2.45, 2.75) is 13.0 Å². The Bertz CT molecular complexity index is 1240. The van der Waals surface area contributed by atoms with E-state index in [1.54, 1.807) is 38.4 Å². The Hall–Kier alpha value is -3.51. The first-order chi connectivity index (χ1) is 15.0. The fourth-order valence-electron chi connectivity index (χ4n) is 3.61. The van der Waals surface area contributed by atoms with Gasteiger partial charge in [-0.2, -0.15) is 5.10 Å². The Morgan fingerprint density at radius 3 is 2.68 bits per heavy atom. The minimum absolute atomic E-state index is 0.111. The number of rotatable bonds is 6. The maximum absolute atomic E-state index is 13.2. The molecule has 0 aliphatic heterocycles. The van der Waals surface area contributed by atoms with E-state index >= 15 is 0 Å². The van der Waals surface area contributed by atoms with E-state index in [0.717, 1.165) is 22.2 Å². The van der Waals surface area contributed by atoms with Gasteiger partial charge in [-0.1, -0.05) is 41.9 Å². The lowest BCUT2D eigenvalue weighted by molar-refractivity contribution is 0.0781. The smallest absolute Gasteiger partial charge is 0.257 e. The quantitative estimate of drug-likeness (QED) is 0.456. The van der Waals surface area contributed by atoms with Crippen LogP contribution >= 0.6 is 11.6 Å². The first-order valence-corrected chi connectivity index (χ1v) is 10.2. The lowest BCUT2D eigenvalue weighted by Gasteiger charge is -2.20. The number of ether oxygens (including phenoxy) is 1. The maximum Gasteiger partial charge on any atom is 0.257 e. The van der Waals surface area contributed by atoms with Gasteiger partial charge in [-0.25, -0.2) is 0 Å². The van der Waals surface area contributed by atoms with Crippen LogP contribution < -0.4 is 4.74 Å². The molecule has 0 spiro atoms. The largest absolute Gasteiger partial charge is 0.507 e. The van der Waals surface area contributed by atoms with Crippen molar-refractivity contribution in [1.82, 2.24) is 15.1 Å². The number of carbonyl (C=O) groups is 1. The van der Waals surface area contributed by atoms with Gasteiger partial charge in [-0.05, 0) is 29.8 Å². The van der Waals surface area contributed by atoms with Gasteiger partial charge < -0.3 is 14.7 Å². The van der Waals surface area contributed by atoms with Crippen LogP contribution in [0.25, 0.3) is 10.9 Å². The molecule has 0 unspecified atom stereocenters. The van der Waals surface area contributed by atoms with Crippen LogP contribution in [-0.2, 0) is 13.0 Å². The second-order valence-electron chi connectivity index (χ2n) is 7.37. The van der Waals surface area contributed by atoms with Crippen LogP contribution in [0.15, 0.2) is 60.7 Å². The average Bonchev–Trinajstić information content (AvgIpc) is 3.14. The van der Waals surface area contributed by atoms with Crippen molar-refractivity contribution < 1.29 is 14.6 Å². The highest BCUT2D eigenvalue weighted by molar-refractivity contribution is 6.30. The van der Waals surface area contributed by atoms with Crippen molar-refractivity contribution in [2.75, 3.05) is 14.2 Å². The number of aromatic amines is 1. The first-order valence-electron chi connectivity index (χ1n) is 9.78. The van der Waals surface area contributed by atoms with Crippen LogP contribution in [0.2, 0.25) is 5.02 Å². The molecule has 0 atom stereocenters. The predicted molar refractivity (Wildman–Crippen MR) is 121 cm³/mol. The highest BCUT2D eigenvalue weighted by atomic mass is 35.5. The average molecular weight is 436 g/mol. The summed E-state index contributed by atoms with van der Waals surface area (Å²) in [6, 6.07) is 18.5. The number of aromatic hydroxyl groups is 1. The molecule has 4 rings (SSSR count). The molecule has 1 heterocycles. The number of carbonyl (C=O) groups excluding carboxylic acids is 1. The summed E-state index contributed by atoms with van der Waals surface area (Å²) in [6.45, 7) is 0.280. The Kier molecular flexibility index (Phi) is 5.82. The summed E-state index contributed by atoms with van der Waals surface area (Å²) in [5.41, 5.74) is 3.61. The minimum atomic E-state index is -0.312. The lowest BCUT2D eigenvalue weighted by atomic mass is 10.0. The predicted octanol–water partition coefficient (Wildman–Crippen LogP) is 4.79. The molecule has 0 aliphatic rings. The normalized spacial score (nSPS) is 10.9. The standard InChI is InChI=1S/C24H22ClN3O3/c1-28(14-16-11-17(25)8-9-23(16)31-2)24(30)19-12-18-20(10-15-6-4-3-5-7-15)26-27-21(18)13-22(19)29/h3-9,11-13,29H,10,14H2,1-2H3,(H,26,27). The number of H-pyrrole nitrogens is 1. The Morgan fingerprint density at radius 1 is 1.16 bits per heavy atom. The van der Waals surface area contributed by atoms with E-state index in [9.17, 15) is 9.90 Å². The van der Waals surface area contributed by atoms with Crippen LogP contribution in [0.3, 0.4) is 0 Å². The second kappa shape index (κ2) is 8.70. The summed E-state index contributed by atoms with van der Waals surface area (Å²) < 4.78 is 5.37. The fraction of sp³-hybridized carbons (Fsp3) is 0.167. The van der Waals surface area contributed by atoms with Gasteiger partial charge >= 0.3 is 0 Å². The van der Waals surface area contributed by atoms with Crippen molar-refractivity contribution >= 4 is 28.4 Å². The molecule has 0 aliphatic carbocycles. The van der Waals surface area contributed by atoms with E-state index in [0.29, 0.717) is 22.7 Å². The number of hydrogen-bond acceptors (Lipinski definition) is 4. The Balaban J connectivity index is 1.63. The van der Waals surface area contributed by atoms with E-state index in [-0.39, 0.29) is 23.8 Å². The van der Waals surface area contributed by atoms with E-state index in [2.05, 4.69) is 10.2 Å². The summed E-state index contributed by atoms with van der Waals surface area (Å²) >= 11 is 6.11. The van der Waals surface area contributed by atoms with Crippen LogP contribution in [0.1, 0.15) is 27.2 Å². The third-order valence-electron chi connectivity index (χ3n) is 5.20. The van der Waals surface area contributed by atoms with Gasteiger partial charge in [0.25, 0.3) is 5.91 Å². The van der Waals surface area contributed by atoms with Crippen molar-refractivity contribution in [3.63, 3.8) is 0 Å². The molecule has 0 fully saturated rings. The summed E-state index contributed by atoms with van der Waals surface area (Å²) in [4.78, 5) is 14.7. The Morgan fingerprint density at radius 2 is 1.94 bits per heavy atom. The number of benzene rings is 3. The van der Waals surface area contributed by atoms with Gasteiger partial charge in [0, 0.05) is 47.7 Å². The van der Waals surface area contributed by atoms with Crippen molar-refractivity contribution in [2.24, 2.45) is 0 Å². The summed E-state index contributed by atoms with van der Waals surface area (Å²) in [5.74, 6) is 0.220. The van der Waals surface area contributed by atoms with Gasteiger partial charge in [0.05, 0.1) is 18.2 Å². The molecule has 2 N–H and O–H groups in total. The van der Waals surface area contributed by atoms with Gasteiger partial charge in [0.1, 0.15) is 11.5 Å². The van der Waals surface area contributed by atoms with E-state index in [4.69, 9.17) is 16.3 Å². The van der Waals surface area contributed by atoms with Crippen molar-refractivity contribution in [1.29, 1.82) is 0 Å². The third-order valence-corrected chi connectivity index (χ3v) is 5.44. The summed E-state index contributed by atoms with van der Waals surface area (Å²) in [7, 11) is 3.24. The summed E-state index contributed by atoms with van der Waals surface area (Å²) in [6.07, 6.45) is 0.644. The van der Waals surface area contributed by atoms with E-state index < -0.39 is 0 Å².